The number of hydrogen-bond acceptors (Lipinski definition) is 3. The maximum absolute atomic E-state index is 12.1. The van der Waals surface area contributed by atoms with Crippen LogP contribution in [0.1, 0.15) is 24.9 Å². The van der Waals surface area contributed by atoms with Gasteiger partial charge in [-0.2, -0.15) is 0 Å². The molecule has 0 fully saturated rings. The Morgan fingerprint density at radius 3 is 2.53 bits per heavy atom. The lowest BCUT2D eigenvalue weighted by Gasteiger charge is -2.21. The number of benzene rings is 1. The molecule has 1 atom stereocenters. The SMILES string of the molecule is CCCNC(=O)CN(C)C(=O)[C@@H](N)c1ccccc1. The van der Waals surface area contributed by atoms with Gasteiger partial charge in [0.15, 0.2) is 0 Å². The number of amides is 2. The van der Waals surface area contributed by atoms with Crippen LogP contribution in [0.15, 0.2) is 30.3 Å². The van der Waals surface area contributed by atoms with Crippen molar-refractivity contribution in [1.29, 1.82) is 0 Å². The summed E-state index contributed by atoms with van der Waals surface area (Å²) >= 11 is 0. The first-order chi connectivity index (χ1) is 9.06. The summed E-state index contributed by atoms with van der Waals surface area (Å²) in [5.74, 6) is -0.434. The lowest BCUT2D eigenvalue weighted by atomic mass is 10.1. The second kappa shape index (κ2) is 7.53. The van der Waals surface area contributed by atoms with Crippen LogP contribution in [0.3, 0.4) is 0 Å². The van der Waals surface area contributed by atoms with Crippen molar-refractivity contribution in [2.45, 2.75) is 19.4 Å². The Hall–Kier alpha value is -1.88. The molecule has 0 radical (unpaired) electrons. The van der Waals surface area contributed by atoms with E-state index in [1.807, 2.05) is 25.1 Å². The van der Waals surface area contributed by atoms with Gasteiger partial charge in [0.25, 0.3) is 0 Å². The van der Waals surface area contributed by atoms with Gasteiger partial charge < -0.3 is 16.0 Å². The van der Waals surface area contributed by atoms with E-state index in [0.717, 1.165) is 12.0 Å². The van der Waals surface area contributed by atoms with E-state index in [0.29, 0.717) is 6.54 Å². The number of nitrogens with two attached hydrogens (primary N) is 1. The molecule has 0 unspecified atom stereocenters. The highest BCUT2D eigenvalue weighted by atomic mass is 16.2. The van der Waals surface area contributed by atoms with Crippen molar-refractivity contribution in [3.8, 4) is 0 Å². The van der Waals surface area contributed by atoms with E-state index in [1.165, 1.54) is 4.90 Å². The van der Waals surface area contributed by atoms with Gasteiger partial charge in [-0.1, -0.05) is 37.3 Å². The van der Waals surface area contributed by atoms with E-state index in [9.17, 15) is 9.59 Å². The van der Waals surface area contributed by atoms with Gasteiger partial charge in [-0.25, -0.2) is 0 Å². The lowest BCUT2D eigenvalue weighted by Crippen LogP contribution is -2.42. The number of hydrogen-bond donors (Lipinski definition) is 2. The Morgan fingerprint density at radius 2 is 1.95 bits per heavy atom. The second-order valence-electron chi connectivity index (χ2n) is 4.43. The van der Waals surface area contributed by atoms with E-state index in [2.05, 4.69) is 5.32 Å². The molecule has 1 aromatic rings. The molecule has 0 aliphatic rings. The first-order valence-corrected chi connectivity index (χ1v) is 6.38. The Bertz CT molecular complexity index is 420. The predicted octanol–water partition coefficient (Wildman–Crippen LogP) is 0.671. The van der Waals surface area contributed by atoms with Gasteiger partial charge in [0.05, 0.1) is 6.54 Å². The number of nitrogens with zero attached hydrogens (tertiary/aromatic N) is 1. The molecule has 5 nitrogen and oxygen atoms in total. The fourth-order valence-electron chi connectivity index (χ4n) is 1.65. The predicted molar refractivity (Wildman–Crippen MR) is 74.3 cm³/mol. The topological polar surface area (TPSA) is 75.4 Å². The van der Waals surface area contributed by atoms with Crippen LogP contribution in [-0.4, -0.2) is 36.9 Å². The first kappa shape index (κ1) is 15.2. The molecular weight excluding hydrogens is 242 g/mol. The molecule has 2 amide bonds. The van der Waals surface area contributed by atoms with E-state index in [1.54, 1.807) is 19.2 Å². The average Bonchev–Trinajstić information content (AvgIpc) is 2.44. The third-order valence-electron chi connectivity index (χ3n) is 2.75. The third kappa shape index (κ3) is 4.71. The van der Waals surface area contributed by atoms with Gasteiger partial charge in [0.1, 0.15) is 6.04 Å². The van der Waals surface area contributed by atoms with Crippen molar-refractivity contribution in [2.75, 3.05) is 20.1 Å². The van der Waals surface area contributed by atoms with Crippen LogP contribution in [0.2, 0.25) is 0 Å². The molecule has 0 aliphatic heterocycles. The van der Waals surface area contributed by atoms with Crippen molar-refractivity contribution in [1.82, 2.24) is 10.2 Å². The molecule has 0 aliphatic carbocycles. The van der Waals surface area contributed by atoms with Gasteiger partial charge in [-0.05, 0) is 12.0 Å². The summed E-state index contributed by atoms with van der Waals surface area (Å²) < 4.78 is 0. The minimum atomic E-state index is -0.731. The Labute approximate surface area is 113 Å². The molecule has 104 valence electrons. The minimum Gasteiger partial charge on any atom is -0.355 e. The molecule has 5 heteroatoms. The summed E-state index contributed by atoms with van der Waals surface area (Å²) in [7, 11) is 1.58. The fourth-order valence-corrected chi connectivity index (χ4v) is 1.65. The summed E-state index contributed by atoms with van der Waals surface area (Å²) in [5.41, 5.74) is 6.64. The molecule has 0 spiro atoms. The van der Waals surface area contributed by atoms with Gasteiger partial charge in [0, 0.05) is 13.6 Å². The zero-order valence-electron chi connectivity index (χ0n) is 11.4. The molecule has 0 aromatic heterocycles. The van der Waals surface area contributed by atoms with Gasteiger partial charge in [0.2, 0.25) is 11.8 Å². The molecule has 19 heavy (non-hydrogen) atoms. The maximum Gasteiger partial charge on any atom is 0.244 e. The van der Waals surface area contributed by atoms with Crippen molar-refractivity contribution in [3.05, 3.63) is 35.9 Å². The van der Waals surface area contributed by atoms with Crippen LogP contribution < -0.4 is 11.1 Å². The van der Waals surface area contributed by atoms with Crippen LogP contribution in [0.4, 0.5) is 0 Å². The number of likely N-dealkylation sites (N-methyl/N-ethyl adjacent to an activating group) is 1. The molecule has 3 N–H and O–H groups in total. The molecular formula is C14H21N3O2. The molecule has 1 aromatic carbocycles. The smallest absolute Gasteiger partial charge is 0.244 e. The van der Waals surface area contributed by atoms with Crippen molar-refractivity contribution >= 4 is 11.8 Å². The van der Waals surface area contributed by atoms with E-state index in [4.69, 9.17) is 5.73 Å². The summed E-state index contributed by atoms with van der Waals surface area (Å²) in [5, 5.41) is 2.72. The fraction of sp³-hybridized carbons (Fsp3) is 0.429. The van der Waals surface area contributed by atoms with Gasteiger partial charge in [-0.15, -0.1) is 0 Å². The Balaban J connectivity index is 2.55. The van der Waals surface area contributed by atoms with Crippen molar-refractivity contribution < 1.29 is 9.59 Å². The second-order valence-corrected chi connectivity index (χ2v) is 4.43. The molecule has 1 rings (SSSR count). The average molecular weight is 263 g/mol. The zero-order chi connectivity index (χ0) is 14.3. The Morgan fingerprint density at radius 1 is 1.32 bits per heavy atom. The van der Waals surface area contributed by atoms with Crippen LogP contribution in [0.5, 0.6) is 0 Å². The number of carbonyl (C=O) groups excluding carboxylic acids is 2. The highest BCUT2D eigenvalue weighted by Crippen LogP contribution is 2.11. The quantitative estimate of drug-likeness (QED) is 0.792. The van der Waals surface area contributed by atoms with E-state index >= 15 is 0 Å². The first-order valence-electron chi connectivity index (χ1n) is 6.38. The van der Waals surface area contributed by atoms with Crippen molar-refractivity contribution in [2.24, 2.45) is 5.73 Å². The standard InChI is InChI=1S/C14H21N3O2/c1-3-9-16-12(18)10-17(2)14(19)13(15)11-7-5-4-6-8-11/h4-8,13H,3,9-10,15H2,1-2H3,(H,16,18)/t13-/m0/s1. The number of carbonyl (C=O) groups is 2. The monoisotopic (exact) mass is 263 g/mol. The van der Waals surface area contributed by atoms with Gasteiger partial charge >= 0.3 is 0 Å². The largest absolute Gasteiger partial charge is 0.355 e. The van der Waals surface area contributed by atoms with Gasteiger partial charge in [-0.3, -0.25) is 9.59 Å². The molecule has 0 heterocycles. The van der Waals surface area contributed by atoms with E-state index < -0.39 is 6.04 Å². The summed E-state index contributed by atoms with van der Waals surface area (Å²) in [6.07, 6.45) is 0.868. The molecule has 0 saturated carbocycles. The van der Waals surface area contributed by atoms with E-state index in [-0.39, 0.29) is 18.4 Å². The molecule has 0 bridgehead atoms. The highest BCUT2D eigenvalue weighted by Gasteiger charge is 2.21. The number of rotatable bonds is 6. The van der Waals surface area contributed by atoms with Crippen LogP contribution in [-0.2, 0) is 9.59 Å². The lowest BCUT2D eigenvalue weighted by molar-refractivity contribution is -0.135. The zero-order valence-corrected chi connectivity index (χ0v) is 11.4. The highest BCUT2D eigenvalue weighted by molar-refractivity contribution is 5.87. The summed E-state index contributed by atoms with van der Waals surface area (Å²) in [6.45, 7) is 2.62. The molecule has 0 saturated heterocycles. The summed E-state index contributed by atoms with van der Waals surface area (Å²) in [6, 6.07) is 8.39. The maximum atomic E-state index is 12.1. The number of nitrogens with one attached hydrogen (secondary N) is 1. The van der Waals surface area contributed by atoms with Crippen molar-refractivity contribution in [3.63, 3.8) is 0 Å². The normalized spacial score (nSPS) is 11.7. The Kier molecular flexibility index (Phi) is 6.02. The minimum absolute atomic E-state index is 0.0271. The van der Waals surface area contributed by atoms with Crippen LogP contribution >= 0.6 is 0 Å². The van der Waals surface area contributed by atoms with Crippen LogP contribution in [0.25, 0.3) is 0 Å². The third-order valence-corrected chi connectivity index (χ3v) is 2.75. The van der Waals surface area contributed by atoms with Crippen LogP contribution in [0, 0.1) is 0 Å². The summed E-state index contributed by atoms with van der Waals surface area (Å²) in [4.78, 5) is 25.0.